The molecule has 1 saturated heterocycles. The zero-order chi connectivity index (χ0) is 22.0. The van der Waals surface area contributed by atoms with Crippen molar-refractivity contribution in [3.05, 3.63) is 65.2 Å². The summed E-state index contributed by atoms with van der Waals surface area (Å²) in [4.78, 5) is 29.5. The molecule has 1 atom stereocenters. The van der Waals surface area contributed by atoms with Gasteiger partial charge in [-0.3, -0.25) is 9.59 Å². The third kappa shape index (κ3) is 4.14. The first-order chi connectivity index (χ1) is 15.0. The third-order valence-corrected chi connectivity index (χ3v) is 5.48. The summed E-state index contributed by atoms with van der Waals surface area (Å²) < 4.78 is 11.1. The van der Waals surface area contributed by atoms with E-state index < -0.39 is 17.7 Å². The third-order valence-electron chi connectivity index (χ3n) is 5.48. The number of Topliss-reactive ketones (excluding diaryl/α,β-unsaturated/α-hetero) is 1. The number of fused-ring (bicyclic) bond motifs is 1. The van der Waals surface area contributed by atoms with Gasteiger partial charge in [-0.25, -0.2) is 0 Å². The van der Waals surface area contributed by atoms with Crippen LogP contribution >= 0.6 is 0 Å². The lowest BCUT2D eigenvalue weighted by Crippen LogP contribution is -2.32. The van der Waals surface area contributed by atoms with E-state index in [4.69, 9.17) is 9.47 Å². The van der Waals surface area contributed by atoms with Crippen LogP contribution in [0.2, 0.25) is 0 Å². The molecule has 2 aromatic rings. The molecule has 1 N–H and O–H groups in total. The molecule has 0 unspecified atom stereocenters. The van der Waals surface area contributed by atoms with Gasteiger partial charge in [0.1, 0.15) is 19.0 Å². The number of carbonyl (C=O) groups is 2. The smallest absolute Gasteiger partial charge is 0.295 e. The topological polar surface area (TPSA) is 79.3 Å². The summed E-state index contributed by atoms with van der Waals surface area (Å²) in [6.45, 7) is 2.08. The molecule has 1 fully saturated rings. The molecule has 0 spiro atoms. The first-order valence-corrected chi connectivity index (χ1v) is 10.4. The maximum Gasteiger partial charge on any atom is 0.295 e. The molecule has 2 aliphatic heterocycles. The molecule has 162 valence electrons. The second-order valence-electron chi connectivity index (χ2n) is 7.92. The fraction of sp³-hybridized carbons (Fsp3) is 0.333. The lowest BCUT2D eigenvalue weighted by molar-refractivity contribution is -0.139. The molecule has 7 nitrogen and oxygen atoms in total. The highest BCUT2D eigenvalue weighted by atomic mass is 16.6. The van der Waals surface area contributed by atoms with Crippen molar-refractivity contribution in [3.8, 4) is 11.5 Å². The zero-order valence-electron chi connectivity index (χ0n) is 17.7. The minimum absolute atomic E-state index is 0.0951. The van der Waals surface area contributed by atoms with Crippen molar-refractivity contribution in [3.63, 3.8) is 0 Å². The van der Waals surface area contributed by atoms with Crippen molar-refractivity contribution in [2.24, 2.45) is 0 Å². The van der Waals surface area contributed by atoms with Crippen molar-refractivity contribution >= 4 is 17.4 Å². The van der Waals surface area contributed by atoms with Crippen LogP contribution in [0.5, 0.6) is 11.5 Å². The van der Waals surface area contributed by atoms with Crippen molar-refractivity contribution in [2.75, 3.05) is 40.4 Å². The van der Waals surface area contributed by atoms with Crippen LogP contribution in [0, 0.1) is 0 Å². The molecule has 2 aliphatic rings. The van der Waals surface area contributed by atoms with Crippen LogP contribution < -0.4 is 9.47 Å². The number of hydrogen-bond donors (Lipinski definition) is 1. The highest BCUT2D eigenvalue weighted by Gasteiger charge is 2.45. The average Bonchev–Trinajstić information content (AvgIpc) is 3.03. The minimum atomic E-state index is -0.675. The summed E-state index contributed by atoms with van der Waals surface area (Å²) in [5.74, 6) is -0.379. The molecule has 2 heterocycles. The summed E-state index contributed by atoms with van der Waals surface area (Å²) >= 11 is 0. The van der Waals surface area contributed by atoms with E-state index >= 15 is 0 Å². The van der Waals surface area contributed by atoms with Gasteiger partial charge in [0.2, 0.25) is 0 Å². The van der Waals surface area contributed by atoms with E-state index in [1.807, 2.05) is 49.3 Å². The normalized spacial score (nSPS) is 19.8. The van der Waals surface area contributed by atoms with Gasteiger partial charge in [0.05, 0.1) is 11.6 Å². The lowest BCUT2D eigenvalue weighted by Gasteiger charge is -2.26. The average molecular weight is 422 g/mol. The van der Waals surface area contributed by atoms with Crippen molar-refractivity contribution in [2.45, 2.75) is 12.5 Å². The number of aliphatic hydroxyl groups excluding tert-OH is 1. The van der Waals surface area contributed by atoms with E-state index in [0.717, 1.165) is 12.1 Å². The summed E-state index contributed by atoms with van der Waals surface area (Å²) in [5, 5.41) is 11.1. The lowest BCUT2D eigenvalue weighted by atomic mass is 9.95. The van der Waals surface area contributed by atoms with E-state index in [9.17, 15) is 14.7 Å². The Morgan fingerprint density at radius 2 is 1.77 bits per heavy atom. The van der Waals surface area contributed by atoms with E-state index in [0.29, 0.717) is 43.2 Å². The fourth-order valence-electron chi connectivity index (χ4n) is 4.00. The number of carbonyl (C=O) groups excluding carboxylic acids is 2. The van der Waals surface area contributed by atoms with Gasteiger partial charge in [-0.05, 0) is 50.8 Å². The second-order valence-corrected chi connectivity index (χ2v) is 7.92. The maximum atomic E-state index is 13.0. The second kappa shape index (κ2) is 8.81. The van der Waals surface area contributed by atoms with Gasteiger partial charge in [-0.1, -0.05) is 30.3 Å². The Morgan fingerprint density at radius 3 is 2.48 bits per heavy atom. The largest absolute Gasteiger partial charge is 0.507 e. The highest BCUT2D eigenvalue weighted by Crippen LogP contribution is 2.41. The Balaban J connectivity index is 1.76. The Labute approximate surface area is 181 Å². The predicted octanol–water partition coefficient (Wildman–Crippen LogP) is 2.83. The number of ether oxygens (including phenoxy) is 2. The highest BCUT2D eigenvalue weighted by molar-refractivity contribution is 6.46. The Hall–Kier alpha value is -3.32. The van der Waals surface area contributed by atoms with Gasteiger partial charge in [0, 0.05) is 12.1 Å². The number of amides is 1. The number of rotatable bonds is 6. The van der Waals surface area contributed by atoms with Crippen LogP contribution in [0.3, 0.4) is 0 Å². The van der Waals surface area contributed by atoms with E-state index in [-0.39, 0.29) is 11.3 Å². The molecule has 2 aromatic carbocycles. The van der Waals surface area contributed by atoms with Crippen LogP contribution in [0.25, 0.3) is 5.76 Å². The molecule has 31 heavy (non-hydrogen) atoms. The van der Waals surface area contributed by atoms with E-state index in [1.54, 1.807) is 23.1 Å². The van der Waals surface area contributed by atoms with Crippen molar-refractivity contribution < 1.29 is 24.2 Å². The monoisotopic (exact) mass is 422 g/mol. The van der Waals surface area contributed by atoms with Crippen LogP contribution in [-0.4, -0.2) is 67.0 Å². The molecule has 0 radical (unpaired) electrons. The summed E-state index contributed by atoms with van der Waals surface area (Å²) in [6.07, 6.45) is 0.716. The minimum Gasteiger partial charge on any atom is -0.507 e. The summed E-state index contributed by atoms with van der Waals surface area (Å²) in [5.41, 5.74) is 1.29. The number of benzene rings is 2. The number of likely N-dealkylation sites (tertiary alicyclic amines) is 1. The summed E-state index contributed by atoms with van der Waals surface area (Å²) in [6, 6.07) is 13.7. The van der Waals surface area contributed by atoms with E-state index in [1.165, 1.54) is 0 Å². The molecule has 0 aliphatic carbocycles. The molecule has 0 aromatic heterocycles. The predicted molar refractivity (Wildman–Crippen MR) is 116 cm³/mol. The van der Waals surface area contributed by atoms with Crippen LogP contribution in [0.15, 0.2) is 54.1 Å². The molecule has 1 amide bonds. The molecule has 0 bridgehead atoms. The van der Waals surface area contributed by atoms with Gasteiger partial charge in [-0.2, -0.15) is 0 Å². The van der Waals surface area contributed by atoms with Gasteiger partial charge < -0.3 is 24.4 Å². The molecular weight excluding hydrogens is 396 g/mol. The quantitative estimate of drug-likeness (QED) is 0.438. The maximum absolute atomic E-state index is 13.0. The van der Waals surface area contributed by atoms with Crippen LogP contribution in [-0.2, 0) is 9.59 Å². The molecular formula is C24H26N2O5. The standard InChI is InChI=1S/C24H26N2O5/c1-25(2)11-6-12-26-21(16-7-4-3-5-8-16)20(23(28)24(26)29)22(27)17-9-10-18-19(15-17)31-14-13-30-18/h3-5,7-10,15,21,27H,6,11-14H2,1-2H3/b22-20+/t21-/m0/s1. The first kappa shape index (κ1) is 20.9. The molecule has 4 rings (SSSR count). The Kier molecular flexibility index (Phi) is 5.95. The first-order valence-electron chi connectivity index (χ1n) is 10.4. The fourth-order valence-corrected chi connectivity index (χ4v) is 4.00. The Morgan fingerprint density at radius 1 is 1.06 bits per heavy atom. The SMILES string of the molecule is CN(C)CCCN1C(=O)C(=O)/C(=C(/O)c2ccc3c(c2)OCCO3)[C@@H]1c1ccccc1. The number of hydrogen-bond acceptors (Lipinski definition) is 6. The Bertz CT molecular complexity index is 1020. The van der Waals surface area contributed by atoms with Gasteiger partial charge in [0.15, 0.2) is 11.5 Å². The van der Waals surface area contributed by atoms with Crippen LogP contribution in [0.4, 0.5) is 0 Å². The van der Waals surface area contributed by atoms with Gasteiger partial charge in [-0.15, -0.1) is 0 Å². The van der Waals surface area contributed by atoms with Crippen molar-refractivity contribution in [1.29, 1.82) is 0 Å². The summed E-state index contributed by atoms with van der Waals surface area (Å²) in [7, 11) is 3.93. The molecule has 0 saturated carbocycles. The zero-order valence-corrected chi connectivity index (χ0v) is 17.7. The van der Waals surface area contributed by atoms with Crippen LogP contribution in [0.1, 0.15) is 23.6 Å². The van der Waals surface area contributed by atoms with Gasteiger partial charge >= 0.3 is 0 Å². The number of nitrogens with zero attached hydrogens (tertiary/aromatic N) is 2. The number of ketones is 1. The van der Waals surface area contributed by atoms with Crippen molar-refractivity contribution in [1.82, 2.24) is 9.80 Å². The van der Waals surface area contributed by atoms with Gasteiger partial charge in [0.25, 0.3) is 11.7 Å². The number of aliphatic hydroxyl groups is 1. The van der Waals surface area contributed by atoms with E-state index in [2.05, 4.69) is 0 Å². The molecule has 7 heteroatoms.